The molecule has 2 amide bonds. The number of amides is 2. The molecule has 2 aromatic carbocycles. The Morgan fingerprint density at radius 2 is 1.97 bits per heavy atom. The first kappa shape index (κ1) is 22.3. The average molecular weight is 426 g/mol. The molecule has 0 spiro atoms. The van der Waals surface area contributed by atoms with Gasteiger partial charge in [0.25, 0.3) is 0 Å². The Morgan fingerprint density at radius 1 is 1.23 bits per heavy atom. The lowest BCUT2D eigenvalue weighted by Gasteiger charge is -2.22. The van der Waals surface area contributed by atoms with E-state index in [1.807, 2.05) is 19.1 Å². The topological polar surface area (TPSA) is 67.9 Å². The van der Waals surface area contributed by atoms with Gasteiger partial charge in [-0.25, -0.2) is 4.39 Å². The smallest absolute Gasteiger partial charge is 0.246 e. The van der Waals surface area contributed by atoms with Gasteiger partial charge in [0.15, 0.2) is 11.5 Å². The highest BCUT2D eigenvalue weighted by Gasteiger charge is 2.32. The molecule has 31 heavy (non-hydrogen) atoms. The lowest BCUT2D eigenvalue weighted by Crippen LogP contribution is -2.45. The summed E-state index contributed by atoms with van der Waals surface area (Å²) in [7, 11) is 0. The molecule has 1 fully saturated rings. The number of ether oxygens (including phenoxy) is 2. The molecule has 0 aliphatic carbocycles. The van der Waals surface area contributed by atoms with Gasteiger partial charge in [-0.05, 0) is 55.7 Å². The Labute approximate surface area is 181 Å². The maximum atomic E-state index is 14.3. The van der Waals surface area contributed by atoms with Crippen molar-refractivity contribution in [1.29, 1.82) is 0 Å². The fourth-order valence-electron chi connectivity index (χ4n) is 3.58. The van der Waals surface area contributed by atoms with Crippen LogP contribution in [0.5, 0.6) is 11.5 Å². The van der Waals surface area contributed by atoms with Gasteiger partial charge in [0.05, 0.1) is 6.61 Å². The van der Waals surface area contributed by atoms with E-state index in [2.05, 4.69) is 11.9 Å². The van der Waals surface area contributed by atoms with E-state index in [0.717, 1.165) is 12.0 Å². The third-order valence-electron chi connectivity index (χ3n) is 5.12. The molecular weight excluding hydrogens is 399 g/mol. The van der Waals surface area contributed by atoms with Gasteiger partial charge in [-0.15, -0.1) is 0 Å². The first-order valence-corrected chi connectivity index (χ1v) is 10.4. The molecule has 2 aromatic rings. The van der Waals surface area contributed by atoms with Crippen molar-refractivity contribution in [2.24, 2.45) is 0 Å². The fourth-order valence-corrected chi connectivity index (χ4v) is 3.58. The summed E-state index contributed by atoms with van der Waals surface area (Å²) in [6, 6.07) is 11.4. The van der Waals surface area contributed by atoms with Crippen molar-refractivity contribution in [3.63, 3.8) is 0 Å². The molecule has 0 saturated carbocycles. The minimum Gasteiger partial charge on any atom is -0.490 e. The minimum absolute atomic E-state index is 0.0297. The summed E-state index contributed by atoms with van der Waals surface area (Å²) < 4.78 is 25.6. The normalized spacial score (nSPS) is 15.4. The molecule has 1 unspecified atom stereocenters. The van der Waals surface area contributed by atoms with Crippen molar-refractivity contribution in [2.45, 2.75) is 39.0 Å². The molecule has 0 bridgehead atoms. The van der Waals surface area contributed by atoms with E-state index in [4.69, 9.17) is 9.47 Å². The molecule has 7 heteroatoms. The van der Waals surface area contributed by atoms with Crippen molar-refractivity contribution in [1.82, 2.24) is 10.2 Å². The molecule has 1 atom stereocenters. The summed E-state index contributed by atoms with van der Waals surface area (Å²) in [6.07, 6.45) is 2.62. The molecule has 1 N–H and O–H groups in total. The Balaban J connectivity index is 1.61. The minimum atomic E-state index is -0.496. The summed E-state index contributed by atoms with van der Waals surface area (Å²) in [5, 5.41) is 2.85. The number of carbonyl (C=O) groups is 2. The molecule has 1 saturated heterocycles. The number of para-hydroxylation sites is 2. The Morgan fingerprint density at radius 3 is 2.68 bits per heavy atom. The molecule has 6 nitrogen and oxygen atoms in total. The molecule has 0 aromatic heterocycles. The third kappa shape index (κ3) is 5.63. The lowest BCUT2D eigenvalue weighted by molar-refractivity contribution is -0.135. The number of nitrogens with zero attached hydrogens (tertiary/aromatic N) is 1. The Bertz CT molecular complexity index is 947. The summed E-state index contributed by atoms with van der Waals surface area (Å²) in [6.45, 7) is 6.68. The number of hydrogen-bond donors (Lipinski definition) is 1. The van der Waals surface area contributed by atoms with E-state index in [0.29, 0.717) is 36.6 Å². The van der Waals surface area contributed by atoms with E-state index in [-0.39, 0.29) is 30.8 Å². The van der Waals surface area contributed by atoms with E-state index < -0.39 is 6.04 Å². The monoisotopic (exact) mass is 426 g/mol. The number of hydrogen-bond acceptors (Lipinski definition) is 4. The largest absolute Gasteiger partial charge is 0.490 e. The van der Waals surface area contributed by atoms with Crippen LogP contribution in [-0.4, -0.2) is 35.9 Å². The summed E-state index contributed by atoms with van der Waals surface area (Å²) in [4.78, 5) is 26.0. The second-order valence-electron chi connectivity index (χ2n) is 7.21. The highest BCUT2D eigenvalue weighted by molar-refractivity contribution is 5.93. The first-order chi connectivity index (χ1) is 15.0. The van der Waals surface area contributed by atoms with Gasteiger partial charge in [0.2, 0.25) is 11.8 Å². The quantitative estimate of drug-likeness (QED) is 0.622. The summed E-state index contributed by atoms with van der Waals surface area (Å²) >= 11 is 0. The standard InChI is InChI=1S/C24H27FN2O4/c1-3-23(28)27-13-7-8-20(27)24(29)26-15-17-11-12-19(25)18(14-17)16-31-22-10-6-5-9-21(22)30-4-2/h3,5-6,9-12,14,20H,1,4,7-8,13,15-16H2,2H3,(H,26,29). The summed E-state index contributed by atoms with van der Waals surface area (Å²) in [5.74, 6) is 0.286. The van der Waals surface area contributed by atoms with Crippen LogP contribution in [0.1, 0.15) is 30.9 Å². The number of halogens is 1. The van der Waals surface area contributed by atoms with Crippen LogP contribution in [0.2, 0.25) is 0 Å². The molecule has 0 radical (unpaired) electrons. The maximum absolute atomic E-state index is 14.3. The van der Waals surface area contributed by atoms with Crippen LogP contribution >= 0.6 is 0 Å². The zero-order chi connectivity index (χ0) is 22.2. The molecule has 3 rings (SSSR count). The van der Waals surface area contributed by atoms with Crippen molar-refractivity contribution >= 4 is 11.8 Å². The molecule has 1 aliphatic rings. The highest BCUT2D eigenvalue weighted by atomic mass is 19.1. The predicted octanol–water partition coefficient (Wildman–Crippen LogP) is 3.60. The number of nitrogens with one attached hydrogen (secondary N) is 1. The van der Waals surface area contributed by atoms with Crippen LogP contribution in [0.4, 0.5) is 4.39 Å². The van der Waals surface area contributed by atoms with Gasteiger partial charge in [0, 0.05) is 18.7 Å². The van der Waals surface area contributed by atoms with E-state index in [1.165, 1.54) is 17.0 Å². The van der Waals surface area contributed by atoms with Gasteiger partial charge >= 0.3 is 0 Å². The van der Waals surface area contributed by atoms with Crippen LogP contribution in [0.25, 0.3) is 0 Å². The Kier molecular flexibility index (Phi) is 7.65. The SMILES string of the molecule is C=CC(=O)N1CCCC1C(=O)NCc1ccc(F)c(COc2ccccc2OCC)c1. The molecule has 1 aliphatic heterocycles. The van der Waals surface area contributed by atoms with Crippen LogP contribution in [0.15, 0.2) is 55.1 Å². The van der Waals surface area contributed by atoms with E-state index in [1.54, 1.807) is 24.3 Å². The van der Waals surface area contributed by atoms with Gasteiger partial charge < -0.3 is 19.7 Å². The van der Waals surface area contributed by atoms with Gasteiger partial charge in [-0.3, -0.25) is 9.59 Å². The van der Waals surface area contributed by atoms with Crippen LogP contribution in [0, 0.1) is 5.82 Å². The molecular formula is C24H27FN2O4. The van der Waals surface area contributed by atoms with Crippen LogP contribution < -0.4 is 14.8 Å². The van der Waals surface area contributed by atoms with Crippen molar-refractivity contribution < 1.29 is 23.5 Å². The Hall–Kier alpha value is -3.35. The van der Waals surface area contributed by atoms with Crippen molar-refractivity contribution in [2.75, 3.05) is 13.2 Å². The molecule has 164 valence electrons. The number of benzene rings is 2. The second-order valence-corrected chi connectivity index (χ2v) is 7.21. The lowest BCUT2D eigenvalue weighted by atomic mass is 10.1. The number of carbonyl (C=O) groups excluding carboxylic acids is 2. The third-order valence-corrected chi connectivity index (χ3v) is 5.12. The number of likely N-dealkylation sites (tertiary alicyclic amines) is 1. The average Bonchev–Trinajstić information content (AvgIpc) is 3.28. The van der Waals surface area contributed by atoms with Crippen molar-refractivity contribution in [3.8, 4) is 11.5 Å². The first-order valence-electron chi connectivity index (χ1n) is 10.4. The highest BCUT2D eigenvalue weighted by Crippen LogP contribution is 2.27. The zero-order valence-corrected chi connectivity index (χ0v) is 17.6. The molecule has 1 heterocycles. The zero-order valence-electron chi connectivity index (χ0n) is 17.6. The van der Waals surface area contributed by atoms with Crippen LogP contribution in [0.3, 0.4) is 0 Å². The second kappa shape index (κ2) is 10.6. The maximum Gasteiger partial charge on any atom is 0.246 e. The van der Waals surface area contributed by atoms with Gasteiger partial charge in [-0.2, -0.15) is 0 Å². The van der Waals surface area contributed by atoms with Crippen LogP contribution in [-0.2, 0) is 22.7 Å². The van der Waals surface area contributed by atoms with Gasteiger partial charge in [-0.1, -0.05) is 24.8 Å². The summed E-state index contributed by atoms with van der Waals surface area (Å²) in [5.41, 5.74) is 1.12. The van der Waals surface area contributed by atoms with Crippen molar-refractivity contribution in [3.05, 3.63) is 72.1 Å². The van der Waals surface area contributed by atoms with E-state index >= 15 is 0 Å². The number of rotatable bonds is 9. The fraction of sp³-hybridized carbons (Fsp3) is 0.333. The predicted molar refractivity (Wildman–Crippen MR) is 115 cm³/mol. The van der Waals surface area contributed by atoms with E-state index in [9.17, 15) is 14.0 Å². The van der Waals surface area contributed by atoms with Gasteiger partial charge in [0.1, 0.15) is 18.5 Å².